The Balaban J connectivity index is 1.54. The third-order valence-corrected chi connectivity index (χ3v) is 4.93. The molecule has 4 aromatic rings. The van der Waals surface area contributed by atoms with Crippen LogP contribution in [0.5, 0.6) is 0 Å². The van der Waals surface area contributed by atoms with Gasteiger partial charge in [-0.2, -0.15) is 0 Å². The number of nitrogens with zero attached hydrogens (tertiary/aromatic N) is 5. The number of benzene rings is 1. The van der Waals surface area contributed by atoms with Crippen molar-refractivity contribution in [3.63, 3.8) is 0 Å². The van der Waals surface area contributed by atoms with E-state index in [0.717, 1.165) is 42.8 Å². The van der Waals surface area contributed by atoms with Gasteiger partial charge in [0.15, 0.2) is 17.3 Å². The molecular weight excluding hydrogens is 343 g/mol. The molecule has 1 saturated heterocycles. The van der Waals surface area contributed by atoms with E-state index in [0.29, 0.717) is 17.0 Å². The van der Waals surface area contributed by atoms with Crippen LogP contribution in [-0.4, -0.2) is 45.5 Å². The summed E-state index contributed by atoms with van der Waals surface area (Å²) in [5, 5.41) is 4.34. The van der Waals surface area contributed by atoms with Crippen molar-refractivity contribution in [3.05, 3.63) is 54.4 Å². The lowest BCUT2D eigenvalue weighted by molar-refractivity contribution is 0.589. The monoisotopic (exact) mass is 362 g/mol. The first kappa shape index (κ1) is 16.1. The maximum atomic E-state index is 14.4. The molecule has 1 fully saturated rings. The SMILES string of the molecule is Cc1cn2cc(-c3ncc4cc(N5CCNCC5)ccc4n3)cc(F)c2n1. The Morgan fingerprint density at radius 3 is 2.78 bits per heavy atom. The second-order valence-electron chi connectivity index (χ2n) is 6.86. The molecule has 0 unspecified atom stereocenters. The zero-order valence-corrected chi connectivity index (χ0v) is 15.0. The number of aryl methyl sites for hydroxylation is 1. The fourth-order valence-corrected chi connectivity index (χ4v) is 3.58. The highest BCUT2D eigenvalue weighted by atomic mass is 19.1. The molecule has 0 bridgehead atoms. The number of halogens is 1. The number of pyridine rings is 1. The first-order valence-corrected chi connectivity index (χ1v) is 9.05. The Bertz CT molecular complexity index is 1150. The van der Waals surface area contributed by atoms with Gasteiger partial charge >= 0.3 is 0 Å². The summed E-state index contributed by atoms with van der Waals surface area (Å²) in [4.78, 5) is 15.7. The van der Waals surface area contributed by atoms with Crippen LogP contribution in [0, 0.1) is 12.7 Å². The molecule has 0 atom stereocenters. The summed E-state index contributed by atoms with van der Waals surface area (Å²) in [5.74, 6) is 0.128. The van der Waals surface area contributed by atoms with Crippen LogP contribution in [0.15, 0.2) is 42.9 Å². The summed E-state index contributed by atoms with van der Waals surface area (Å²) in [6, 6.07) is 7.66. The van der Waals surface area contributed by atoms with Gasteiger partial charge in [-0.05, 0) is 31.2 Å². The molecule has 136 valence electrons. The van der Waals surface area contributed by atoms with Crippen molar-refractivity contribution in [3.8, 4) is 11.4 Å². The Kier molecular flexibility index (Phi) is 3.75. The van der Waals surface area contributed by atoms with Gasteiger partial charge in [0.2, 0.25) is 0 Å². The topological polar surface area (TPSA) is 58.4 Å². The van der Waals surface area contributed by atoms with Gasteiger partial charge in [-0.1, -0.05) is 0 Å². The first-order chi connectivity index (χ1) is 13.2. The highest BCUT2D eigenvalue weighted by molar-refractivity contribution is 5.83. The van der Waals surface area contributed by atoms with E-state index in [1.807, 2.05) is 25.4 Å². The van der Waals surface area contributed by atoms with E-state index < -0.39 is 0 Å². The maximum Gasteiger partial charge on any atom is 0.173 e. The van der Waals surface area contributed by atoms with E-state index in [2.05, 4.69) is 37.3 Å². The summed E-state index contributed by atoms with van der Waals surface area (Å²) >= 11 is 0. The number of rotatable bonds is 2. The van der Waals surface area contributed by atoms with Gasteiger partial charge in [-0.15, -0.1) is 0 Å². The van der Waals surface area contributed by atoms with Gasteiger partial charge in [-0.25, -0.2) is 19.3 Å². The summed E-state index contributed by atoms with van der Waals surface area (Å²) in [5.41, 5.74) is 3.75. The highest BCUT2D eigenvalue weighted by Gasteiger charge is 2.13. The predicted molar refractivity (Wildman–Crippen MR) is 104 cm³/mol. The molecule has 1 aromatic carbocycles. The van der Waals surface area contributed by atoms with Gasteiger partial charge in [0.05, 0.1) is 11.2 Å². The number of anilines is 1. The molecule has 4 heterocycles. The van der Waals surface area contributed by atoms with Crippen molar-refractivity contribution in [1.82, 2.24) is 24.7 Å². The number of imidazole rings is 1. The van der Waals surface area contributed by atoms with E-state index in [1.165, 1.54) is 11.8 Å². The largest absolute Gasteiger partial charge is 0.369 e. The van der Waals surface area contributed by atoms with Crippen molar-refractivity contribution in [2.75, 3.05) is 31.1 Å². The molecule has 1 aliphatic heterocycles. The number of piperazine rings is 1. The first-order valence-electron chi connectivity index (χ1n) is 9.05. The lowest BCUT2D eigenvalue weighted by Gasteiger charge is -2.29. The van der Waals surface area contributed by atoms with Gasteiger partial charge in [0.25, 0.3) is 0 Å². The molecule has 6 nitrogen and oxygen atoms in total. The van der Waals surface area contributed by atoms with Crippen LogP contribution in [0.25, 0.3) is 27.9 Å². The molecule has 0 amide bonds. The van der Waals surface area contributed by atoms with E-state index in [4.69, 9.17) is 0 Å². The lowest BCUT2D eigenvalue weighted by atomic mass is 10.2. The minimum Gasteiger partial charge on any atom is -0.369 e. The second kappa shape index (κ2) is 6.28. The minimum atomic E-state index is -0.377. The smallest absolute Gasteiger partial charge is 0.173 e. The maximum absolute atomic E-state index is 14.4. The molecule has 0 aliphatic carbocycles. The molecule has 1 N–H and O–H groups in total. The van der Waals surface area contributed by atoms with Gasteiger partial charge < -0.3 is 14.6 Å². The third kappa shape index (κ3) is 2.90. The van der Waals surface area contributed by atoms with Crippen LogP contribution in [0.1, 0.15) is 5.69 Å². The Labute approximate surface area is 155 Å². The van der Waals surface area contributed by atoms with Crippen LogP contribution in [-0.2, 0) is 0 Å². The molecule has 1 aliphatic rings. The third-order valence-electron chi connectivity index (χ3n) is 4.93. The summed E-state index contributed by atoms with van der Waals surface area (Å²) < 4.78 is 16.1. The Hall–Kier alpha value is -3.06. The van der Waals surface area contributed by atoms with Crippen molar-refractivity contribution >= 4 is 22.2 Å². The molecule has 7 heteroatoms. The fourth-order valence-electron chi connectivity index (χ4n) is 3.58. The number of hydrogen-bond acceptors (Lipinski definition) is 5. The average Bonchev–Trinajstić information content (AvgIpc) is 3.09. The summed E-state index contributed by atoms with van der Waals surface area (Å²) in [6.45, 7) is 5.82. The predicted octanol–water partition coefficient (Wildman–Crippen LogP) is 2.80. The zero-order valence-electron chi connectivity index (χ0n) is 15.0. The normalized spacial score (nSPS) is 15.0. The van der Waals surface area contributed by atoms with Crippen LogP contribution in [0.4, 0.5) is 10.1 Å². The number of fused-ring (bicyclic) bond motifs is 2. The minimum absolute atomic E-state index is 0.317. The molecule has 3 aromatic heterocycles. The van der Waals surface area contributed by atoms with Crippen molar-refractivity contribution < 1.29 is 4.39 Å². The van der Waals surface area contributed by atoms with E-state index in [1.54, 1.807) is 10.6 Å². The highest BCUT2D eigenvalue weighted by Crippen LogP contribution is 2.24. The van der Waals surface area contributed by atoms with Gasteiger partial charge in [0.1, 0.15) is 0 Å². The fraction of sp³-hybridized carbons (Fsp3) is 0.250. The van der Waals surface area contributed by atoms with E-state index in [9.17, 15) is 4.39 Å². The van der Waals surface area contributed by atoms with Crippen LogP contribution >= 0.6 is 0 Å². The number of aromatic nitrogens is 4. The number of hydrogen-bond donors (Lipinski definition) is 1. The molecule has 0 saturated carbocycles. The lowest BCUT2D eigenvalue weighted by Crippen LogP contribution is -2.43. The summed E-state index contributed by atoms with van der Waals surface area (Å²) in [6.07, 6.45) is 5.42. The quantitative estimate of drug-likeness (QED) is 0.594. The Morgan fingerprint density at radius 1 is 1.07 bits per heavy atom. The summed E-state index contributed by atoms with van der Waals surface area (Å²) in [7, 11) is 0. The van der Waals surface area contributed by atoms with Gasteiger partial charge in [0, 0.05) is 61.4 Å². The molecule has 5 rings (SSSR count). The Morgan fingerprint density at radius 2 is 1.93 bits per heavy atom. The number of nitrogens with one attached hydrogen (secondary N) is 1. The second-order valence-corrected chi connectivity index (χ2v) is 6.86. The van der Waals surface area contributed by atoms with E-state index in [-0.39, 0.29) is 5.82 Å². The van der Waals surface area contributed by atoms with Gasteiger partial charge in [-0.3, -0.25) is 0 Å². The van der Waals surface area contributed by atoms with Crippen LogP contribution in [0.3, 0.4) is 0 Å². The molecule has 27 heavy (non-hydrogen) atoms. The molecule has 0 radical (unpaired) electrons. The van der Waals surface area contributed by atoms with Crippen LogP contribution < -0.4 is 10.2 Å². The average molecular weight is 362 g/mol. The van der Waals surface area contributed by atoms with E-state index >= 15 is 0 Å². The molecular formula is C20H19FN6. The van der Waals surface area contributed by atoms with Crippen molar-refractivity contribution in [1.29, 1.82) is 0 Å². The standard InChI is InChI=1S/C20H19FN6/c1-13-11-27-12-15(9-17(21)20(27)24-13)19-23-10-14-8-16(2-3-18(14)25-19)26-6-4-22-5-7-26/h2-3,8-12,22H,4-7H2,1H3. The van der Waals surface area contributed by atoms with Crippen molar-refractivity contribution in [2.45, 2.75) is 6.92 Å². The molecule has 0 spiro atoms. The van der Waals surface area contributed by atoms with Crippen molar-refractivity contribution in [2.24, 2.45) is 0 Å². The zero-order chi connectivity index (χ0) is 18.4. The van der Waals surface area contributed by atoms with Crippen LogP contribution in [0.2, 0.25) is 0 Å².